The molecule has 170 valence electrons. The molecule has 2 atom stereocenters. The molecule has 0 radical (unpaired) electrons. The molecule has 1 saturated carbocycles. The summed E-state index contributed by atoms with van der Waals surface area (Å²) in [5.41, 5.74) is 7.50. The number of para-hydroxylation sites is 1. The number of nitrogens with zero attached hydrogens (tertiary/aromatic N) is 1. The molecule has 0 aromatic heterocycles. The molecule has 2 aromatic rings. The number of carbonyl (C=O) groups is 1. The van der Waals surface area contributed by atoms with Gasteiger partial charge in [-0.05, 0) is 55.9 Å². The number of guanidine groups is 1. The highest BCUT2D eigenvalue weighted by molar-refractivity contribution is 5.82. The fourth-order valence-electron chi connectivity index (χ4n) is 4.83. The van der Waals surface area contributed by atoms with Crippen LogP contribution in [0.5, 0.6) is 5.75 Å². The summed E-state index contributed by atoms with van der Waals surface area (Å²) >= 11 is 0. The van der Waals surface area contributed by atoms with Crippen molar-refractivity contribution in [3.8, 4) is 5.75 Å². The first-order valence-electron chi connectivity index (χ1n) is 11.3. The van der Waals surface area contributed by atoms with Crippen molar-refractivity contribution in [3.05, 3.63) is 65.5 Å². The summed E-state index contributed by atoms with van der Waals surface area (Å²) in [7, 11) is 1.71. The van der Waals surface area contributed by atoms with E-state index < -0.39 is 11.8 Å². The van der Waals surface area contributed by atoms with Crippen LogP contribution in [0.25, 0.3) is 0 Å². The Morgan fingerprint density at radius 1 is 1.22 bits per heavy atom. The zero-order valence-corrected chi connectivity index (χ0v) is 18.4. The molecule has 2 aliphatic rings. The van der Waals surface area contributed by atoms with Crippen LogP contribution in [0.2, 0.25) is 0 Å². The van der Waals surface area contributed by atoms with Gasteiger partial charge >= 0.3 is 0 Å². The Labute approximate surface area is 188 Å². The van der Waals surface area contributed by atoms with Crippen LogP contribution in [0.3, 0.4) is 0 Å². The van der Waals surface area contributed by atoms with Crippen LogP contribution in [0, 0.1) is 11.7 Å². The van der Waals surface area contributed by atoms with E-state index in [-0.39, 0.29) is 17.5 Å². The van der Waals surface area contributed by atoms with Gasteiger partial charge in [-0.25, -0.2) is 4.39 Å². The van der Waals surface area contributed by atoms with E-state index >= 15 is 0 Å². The second kappa shape index (κ2) is 9.59. The van der Waals surface area contributed by atoms with Crippen LogP contribution in [0.15, 0.2) is 53.5 Å². The smallest absolute Gasteiger partial charge is 0.222 e. The lowest BCUT2D eigenvalue weighted by Gasteiger charge is -2.40. The Balaban J connectivity index is 1.43. The van der Waals surface area contributed by atoms with E-state index in [2.05, 4.69) is 21.7 Å². The Morgan fingerprint density at radius 3 is 2.62 bits per heavy atom. The average molecular weight is 439 g/mol. The van der Waals surface area contributed by atoms with Crippen LogP contribution in [0.1, 0.15) is 49.3 Å². The van der Waals surface area contributed by atoms with Crippen LogP contribution < -0.4 is 21.1 Å². The molecule has 6 nitrogen and oxygen atoms in total. The molecule has 1 amide bonds. The number of amides is 1. The minimum Gasteiger partial charge on any atom is -0.487 e. The summed E-state index contributed by atoms with van der Waals surface area (Å²) in [4.78, 5) is 16.4. The van der Waals surface area contributed by atoms with Crippen molar-refractivity contribution < 1.29 is 13.9 Å². The summed E-state index contributed by atoms with van der Waals surface area (Å²) in [6, 6.07) is 14.3. The summed E-state index contributed by atoms with van der Waals surface area (Å²) < 4.78 is 19.6. The van der Waals surface area contributed by atoms with Gasteiger partial charge in [0.2, 0.25) is 5.91 Å². The van der Waals surface area contributed by atoms with Crippen molar-refractivity contribution in [2.24, 2.45) is 16.6 Å². The molecule has 7 heteroatoms. The third-order valence-electron chi connectivity index (χ3n) is 6.56. The van der Waals surface area contributed by atoms with Crippen molar-refractivity contribution in [2.45, 2.75) is 50.2 Å². The Bertz CT molecular complexity index is 970. The zero-order valence-electron chi connectivity index (χ0n) is 18.4. The SMILES string of the molecule is CN=C(NCC(Cc1ccc(F)cc1)C(N)=O)NC1CC2(CCCC2)Oc2ccccc21. The number of nitrogens with two attached hydrogens (primary N) is 1. The molecule has 1 aliphatic heterocycles. The monoisotopic (exact) mass is 438 g/mol. The van der Waals surface area contributed by atoms with Crippen LogP contribution in [-0.4, -0.2) is 31.1 Å². The molecule has 2 unspecified atom stereocenters. The molecule has 0 saturated heterocycles. The average Bonchev–Trinajstić information content (AvgIpc) is 3.23. The predicted octanol–water partition coefficient (Wildman–Crippen LogP) is 3.47. The van der Waals surface area contributed by atoms with Crippen molar-refractivity contribution in [3.63, 3.8) is 0 Å². The first-order valence-corrected chi connectivity index (χ1v) is 11.3. The van der Waals surface area contributed by atoms with Crippen molar-refractivity contribution >= 4 is 11.9 Å². The molecule has 32 heavy (non-hydrogen) atoms. The molecule has 1 heterocycles. The van der Waals surface area contributed by atoms with E-state index in [0.29, 0.717) is 18.9 Å². The maximum Gasteiger partial charge on any atom is 0.222 e. The van der Waals surface area contributed by atoms with E-state index in [4.69, 9.17) is 10.5 Å². The molecule has 0 bridgehead atoms. The molecular weight excluding hydrogens is 407 g/mol. The minimum atomic E-state index is -0.442. The molecular formula is C25H31FN4O2. The molecule has 1 spiro atoms. The fraction of sp³-hybridized carbons (Fsp3) is 0.440. The first-order chi connectivity index (χ1) is 15.5. The molecule has 1 aliphatic carbocycles. The lowest BCUT2D eigenvalue weighted by atomic mass is 9.86. The van der Waals surface area contributed by atoms with Gasteiger partial charge in [-0.3, -0.25) is 9.79 Å². The van der Waals surface area contributed by atoms with E-state index in [0.717, 1.165) is 36.1 Å². The van der Waals surface area contributed by atoms with Gasteiger partial charge in [-0.1, -0.05) is 30.3 Å². The first kappa shape index (κ1) is 22.1. The predicted molar refractivity (Wildman–Crippen MR) is 123 cm³/mol. The second-order valence-electron chi connectivity index (χ2n) is 8.81. The standard InChI is InChI=1S/C25H31FN4O2/c1-28-24(29-16-18(23(27)31)14-17-8-10-19(26)11-9-17)30-21-15-25(12-4-5-13-25)32-22-7-3-2-6-20(21)22/h2-3,6-11,18,21H,4-5,12-16H2,1H3,(H2,27,31)(H2,28,29,30). The summed E-state index contributed by atoms with van der Waals surface area (Å²) in [6.45, 7) is 0.336. The normalized spacial score (nSPS) is 20.3. The van der Waals surface area contributed by atoms with E-state index in [1.54, 1.807) is 19.2 Å². The van der Waals surface area contributed by atoms with Gasteiger partial charge in [-0.15, -0.1) is 0 Å². The maximum atomic E-state index is 13.2. The summed E-state index contributed by atoms with van der Waals surface area (Å²) in [6.07, 6.45) is 5.80. The Morgan fingerprint density at radius 2 is 1.94 bits per heavy atom. The van der Waals surface area contributed by atoms with Crippen LogP contribution >= 0.6 is 0 Å². The summed E-state index contributed by atoms with van der Waals surface area (Å²) in [5, 5.41) is 6.80. The third kappa shape index (κ3) is 5.03. The van der Waals surface area contributed by atoms with E-state index in [1.165, 1.54) is 25.0 Å². The molecule has 2 aromatic carbocycles. The minimum absolute atomic E-state index is 0.0633. The number of benzene rings is 2. The zero-order chi connectivity index (χ0) is 22.6. The number of primary amides is 1. The fourth-order valence-corrected chi connectivity index (χ4v) is 4.83. The van der Waals surface area contributed by atoms with Gasteiger partial charge in [0.05, 0.1) is 12.0 Å². The molecule has 1 fully saturated rings. The number of nitrogens with one attached hydrogen (secondary N) is 2. The number of hydrogen-bond donors (Lipinski definition) is 3. The van der Waals surface area contributed by atoms with Crippen molar-refractivity contribution in [1.82, 2.24) is 10.6 Å². The highest BCUT2D eigenvalue weighted by Gasteiger charge is 2.43. The van der Waals surface area contributed by atoms with Crippen molar-refractivity contribution in [2.75, 3.05) is 13.6 Å². The van der Waals surface area contributed by atoms with Gasteiger partial charge < -0.3 is 21.1 Å². The lowest BCUT2D eigenvalue weighted by molar-refractivity contribution is -0.121. The number of rotatable bonds is 6. The number of aliphatic imine (C=N–C) groups is 1. The highest BCUT2D eigenvalue weighted by Crippen LogP contribution is 2.46. The van der Waals surface area contributed by atoms with Crippen LogP contribution in [-0.2, 0) is 11.2 Å². The molecule has 4 rings (SSSR count). The van der Waals surface area contributed by atoms with Gasteiger partial charge in [0.15, 0.2) is 5.96 Å². The number of hydrogen-bond acceptors (Lipinski definition) is 3. The summed E-state index contributed by atoms with van der Waals surface area (Å²) in [5.74, 6) is 0.398. The van der Waals surface area contributed by atoms with Gasteiger partial charge in [0, 0.05) is 25.6 Å². The number of fused-ring (bicyclic) bond motifs is 1. The van der Waals surface area contributed by atoms with Gasteiger partial charge in [0.25, 0.3) is 0 Å². The van der Waals surface area contributed by atoms with E-state index in [9.17, 15) is 9.18 Å². The number of carbonyl (C=O) groups excluding carboxylic acids is 1. The Kier molecular flexibility index (Phi) is 6.63. The molecule has 4 N–H and O–H groups in total. The second-order valence-corrected chi connectivity index (χ2v) is 8.81. The third-order valence-corrected chi connectivity index (χ3v) is 6.56. The number of ether oxygens (including phenoxy) is 1. The Hall–Kier alpha value is -3.09. The quantitative estimate of drug-likeness (QED) is 0.476. The van der Waals surface area contributed by atoms with E-state index in [1.807, 2.05) is 18.2 Å². The van der Waals surface area contributed by atoms with Crippen molar-refractivity contribution in [1.29, 1.82) is 0 Å². The highest BCUT2D eigenvalue weighted by atomic mass is 19.1. The lowest BCUT2D eigenvalue weighted by Crippen LogP contribution is -2.48. The van der Waals surface area contributed by atoms with Gasteiger partial charge in [0.1, 0.15) is 17.2 Å². The topological polar surface area (TPSA) is 88.7 Å². The maximum absolute atomic E-state index is 13.2. The number of halogens is 1. The van der Waals surface area contributed by atoms with Gasteiger partial charge in [-0.2, -0.15) is 0 Å². The van der Waals surface area contributed by atoms with Crippen LogP contribution in [0.4, 0.5) is 4.39 Å². The largest absolute Gasteiger partial charge is 0.487 e.